The molecule has 1 heterocycles. The first-order valence-corrected chi connectivity index (χ1v) is 4.49. The van der Waals surface area contributed by atoms with Crippen molar-refractivity contribution in [3.05, 3.63) is 36.1 Å². The summed E-state index contributed by atoms with van der Waals surface area (Å²) in [6, 6.07) is 0. The molecule has 2 nitrogen and oxygen atoms in total. The van der Waals surface area contributed by atoms with Crippen LogP contribution in [-0.2, 0) is 0 Å². The van der Waals surface area contributed by atoms with Crippen LogP contribution in [0.15, 0.2) is 41.1 Å². The van der Waals surface area contributed by atoms with E-state index in [0.29, 0.717) is 0 Å². The normalized spacial score (nSPS) is 17.4. The van der Waals surface area contributed by atoms with Crippen molar-refractivity contribution in [1.82, 2.24) is 5.32 Å². The van der Waals surface area contributed by atoms with Crippen molar-refractivity contribution in [3.8, 4) is 0 Å². The number of nitrogens with one attached hydrogen (secondary N) is 1. The Morgan fingerprint density at radius 3 is 2.85 bits per heavy atom. The molecule has 0 bridgehead atoms. The monoisotopic (exact) mass is 176 g/mol. The smallest absolute Gasteiger partial charge is 0.0799 e. The summed E-state index contributed by atoms with van der Waals surface area (Å²) in [5, 5.41) is 3.28. The molecular weight excluding hydrogens is 160 g/mol. The molecule has 0 aromatic carbocycles. The Kier molecular flexibility index (Phi) is 3.50. The molecule has 0 unspecified atom stereocenters. The van der Waals surface area contributed by atoms with Crippen molar-refractivity contribution in [2.45, 2.75) is 13.3 Å². The van der Waals surface area contributed by atoms with E-state index in [4.69, 9.17) is 0 Å². The van der Waals surface area contributed by atoms with Crippen LogP contribution in [0.5, 0.6) is 0 Å². The van der Waals surface area contributed by atoms with Crippen molar-refractivity contribution >= 4 is 5.71 Å². The lowest BCUT2D eigenvalue weighted by Crippen LogP contribution is -2.14. The van der Waals surface area contributed by atoms with Gasteiger partial charge in [0.1, 0.15) is 0 Å². The number of aliphatic imine (C=N–C) groups is 1. The summed E-state index contributed by atoms with van der Waals surface area (Å²) >= 11 is 0. The van der Waals surface area contributed by atoms with Crippen molar-refractivity contribution in [3.63, 3.8) is 0 Å². The third-order valence-corrected chi connectivity index (χ3v) is 1.85. The van der Waals surface area contributed by atoms with Gasteiger partial charge in [0.25, 0.3) is 0 Å². The zero-order valence-corrected chi connectivity index (χ0v) is 8.30. The molecule has 0 saturated heterocycles. The highest BCUT2D eigenvalue weighted by Gasteiger charge is 2.06. The molecule has 0 atom stereocenters. The van der Waals surface area contributed by atoms with Crippen LogP contribution in [0.4, 0.5) is 0 Å². The second kappa shape index (κ2) is 4.65. The number of hydrogen-bond donors (Lipinski definition) is 1. The zero-order chi connectivity index (χ0) is 9.68. The largest absolute Gasteiger partial charge is 0.383 e. The summed E-state index contributed by atoms with van der Waals surface area (Å²) in [6.07, 6.45) is 7.23. The maximum atomic E-state index is 4.20. The maximum Gasteiger partial charge on any atom is 0.0799 e. The standard InChI is InChI=1S/C11H16N2/c1-9(2)6-7-10(12-3)11-5-4-8-13-11/h5-7,13H,1,4,8H2,2-3H3/b7-6-,12-10?. The van der Waals surface area contributed by atoms with E-state index in [9.17, 15) is 0 Å². The van der Waals surface area contributed by atoms with Crippen LogP contribution in [0.2, 0.25) is 0 Å². The third-order valence-electron chi connectivity index (χ3n) is 1.85. The van der Waals surface area contributed by atoms with Gasteiger partial charge in [0.15, 0.2) is 0 Å². The quantitative estimate of drug-likeness (QED) is 0.516. The Balaban J connectivity index is 2.69. The predicted molar refractivity (Wildman–Crippen MR) is 58.0 cm³/mol. The second-order valence-electron chi connectivity index (χ2n) is 3.12. The molecular formula is C11H16N2. The molecule has 1 rings (SSSR count). The van der Waals surface area contributed by atoms with Crippen LogP contribution in [0, 0.1) is 0 Å². The average Bonchev–Trinajstić information content (AvgIpc) is 2.58. The second-order valence-corrected chi connectivity index (χ2v) is 3.12. The molecule has 1 N–H and O–H groups in total. The molecule has 13 heavy (non-hydrogen) atoms. The summed E-state index contributed by atoms with van der Waals surface area (Å²) in [5.41, 5.74) is 3.18. The molecule has 0 aromatic rings. The van der Waals surface area contributed by atoms with Crippen molar-refractivity contribution in [1.29, 1.82) is 0 Å². The minimum atomic E-state index is 1.00. The van der Waals surface area contributed by atoms with E-state index >= 15 is 0 Å². The molecule has 0 radical (unpaired) electrons. The average molecular weight is 176 g/mol. The summed E-state index contributed by atoms with van der Waals surface area (Å²) in [4.78, 5) is 4.20. The van der Waals surface area contributed by atoms with Crippen molar-refractivity contribution < 1.29 is 0 Å². The van der Waals surface area contributed by atoms with Crippen LogP contribution in [0.3, 0.4) is 0 Å². The van der Waals surface area contributed by atoms with Crippen LogP contribution < -0.4 is 5.32 Å². The predicted octanol–water partition coefficient (Wildman–Crippen LogP) is 2.07. The van der Waals surface area contributed by atoms with Gasteiger partial charge in [-0.2, -0.15) is 0 Å². The molecule has 0 aromatic heterocycles. The van der Waals surface area contributed by atoms with Crippen LogP contribution in [0.25, 0.3) is 0 Å². The molecule has 0 saturated carbocycles. The lowest BCUT2D eigenvalue weighted by molar-refractivity contribution is 0.899. The van der Waals surface area contributed by atoms with E-state index in [1.807, 2.05) is 19.1 Å². The molecule has 0 spiro atoms. The third kappa shape index (κ3) is 2.90. The van der Waals surface area contributed by atoms with E-state index in [0.717, 1.165) is 29.9 Å². The Morgan fingerprint density at radius 2 is 2.38 bits per heavy atom. The van der Waals surface area contributed by atoms with Crippen LogP contribution in [0.1, 0.15) is 13.3 Å². The van der Waals surface area contributed by atoms with Crippen molar-refractivity contribution in [2.24, 2.45) is 4.99 Å². The summed E-state index contributed by atoms with van der Waals surface area (Å²) in [7, 11) is 1.80. The van der Waals surface area contributed by atoms with Gasteiger partial charge in [0.2, 0.25) is 0 Å². The SMILES string of the molecule is C=C(C)/C=C\C(=NC)C1=CCCN1. The van der Waals surface area contributed by atoms with E-state index in [2.05, 4.69) is 23.0 Å². The number of nitrogens with zero attached hydrogens (tertiary/aromatic N) is 1. The summed E-state index contributed by atoms with van der Waals surface area (Å²) < 4.78 is 0. The lowest BCUT2D eigenvalue weighted by atomic mass is 10.2. The molecule has 1 aliphatic rings. The van der Waals surface area contributed by atoms with Gasteiger partial charge in [0, 0.05) is 13.6 Å². The van der Waals surface area contributed by atoms with E-state index in [1.54, 1.807) is 7.05 Å². The van der Waals surface area contributed by atoms with Gasteiger partial charge in [-0.3, -0.25) is 4.99 Å². The molecule has 70 valence electrons. The number of rotatable bonds is 3. The first-order valence-electron chi connectivity index (χ1n) is 4.49. The Labute approximate surface area is 79.8 Å². The van der Waals surface area contributed by atoms with E-state index < -0.39 is 0 Å². The Morgan fingerprint density at radius 1 is 1.62 bits per heavy atom. The highest BCUT2D eigenvalue weighted by molar-refractivity contribution is 6.08. The molecule has 0 fully saturated rings. The van der Waals surface area contributed by atoms with Gasteiger partial charge >= 0.3 is 0 Å². The summed E-state index contributed by atoms with van der Waals surface area (Å²) in [6.45, 7) is 6.80. The van der Waals surface area contributed by atoms with Crippen molar-refractivity contribution in [2.75, 3.05) is 13.6 Å². The minimum absolute atomic E-state index is 1.00. The fourth-order valence-electron chi connectivity index (χ4n) is 1.20. The highest BCUT2D eigenvalue weighted by Crippen LogP contribution is 2.05. The van der Waals surface area contributed by atoms with Gasteiger partial charge in [-0.1, -0.05) is 24.3 Å². The Hall–Kier alpha value is -1.31. The fourth-order valence-corrected chi connectivity index (χ4v) is 1.20. The lowest BCUT2D eigenvalue weighted by Gasteiger charge is -2.02. The molecule has 1 aliphatic heterocycles. The summed E-state index contributed by atoms with van der Waals surface area (Å²) in [5.74, 6) is 0. The number of allylic oxidation sites excluding steroid dienone is 3. The minimum Gasteiger partial charge on any atom is -0.383 e. The topological polar surface area (TPSA) is 24.4 Å². The first-order chi connectivity index (χ1) is 6.24. The number of hydrogen-bond acceptors (Lipinski definition) is 2. The first kappa shape index (κ1) is 9.78. The van der Waals surface area contributed by atoms with Gasteiger partial charge in [0.05, 0.1) is 11.4 Å². The van der Waals surface area contributed by atoms with Gasteiger partial charge in [-0.15, -0.1) is 0 Å². The van der Waals surface area contributed by atoms with Gasteiger partial charge < -0.3 is 5.32 Å². The molecule has 0 aliphatic carbocycles. The van der Waals surface area contributed by atoms with Crippen LogP contribution >= 0.6 is 0 Å². The van der Waals surface area contributed by atoms with E-state index in [1.165, 1.54) is 0 Å². The molecule has 2 heteroatoms. The van der Waals surface area contributed by atoms with Crippen LogP contribution in [-0.4, -0.2) is 19.3 Å². The van der Waals surface area contributed by atoms with Gasteiger partial charge in [-0.05, 0) is 19.4 Å². The fraction of sp³-hybridized carbons (Fsp3) is 0.364. The highest BCUT2D eigenvalue weighted by atomic mass is 14.9. The maximum absolute atomic E-state index is 4.20. The zero-order valence-electron chi connectivity index (χ0n) is 8.30. The molecule has 0 amide bonds. The van der Waals surface area contributed by atoms with Gasteiger partial charge in [-0.25, -0.2) is 0 Å². The Bertz CT molecular complexity index is 282. The van der Waals surface area contributed by atoms with E-state index in [-0.39, 0.29) is 0 Å².